The topological polar surface area (TPSA) is 62.2 Å². The Morgan fingerprint density at radius 2 is 2.18 bits per heavy atom. The fourth-order valence-corrected chi connectivity index (χ4v) is 1.21. The lowest BCUT2D eigenvalue weighted by atomic mass is 9.89. The summed E-state index contributed by atoms with van der Waals surface area (Å²) < 4.78 is 0. The first-order valence-corrected chi connectivity index (χ1v) is 5.76. The van der Waals surface area contributed by atoms with Crippen LogP contribution in [0, 0.1) is 5.41 Å². The van der Waals surface area contributed by atoms with E-state index in [4.69, 9.17) is 11.6 Å². The van der Waals surface area contributed by atoms with Crippen molar-refractivity contribution in [2.75, 3.05) is 6.54 Å². The molecule has 0 aromatic carbocycles. The molecule has 1 aromatic heterocycles. The van der Waals surface area contributed by atoms with Crippen LogP contribution in [-0.4, -0.2) is 28.6 Å². The van der Waals surface area contributed by atoms with Crippen molar-refractivity contribution in [3.63, 3.8) is 0 Å². The van der Waals surface area contributed by atoms with Crippen molar-refractivity contribution in [1.82, 2.24) is 10.3 Å². The summed E-state index contributed by atoms with van der Waals surface area (Å²) in [7, 11) is 0. The summed E-state index contributed by atoms with van der Waals surface area (Å²) in [4.78, 5) is 15.6. The van der Waals surface area contributed by atoms with Crippen LogP contribution in [-0.2, 0) is 0 Å². The Labute approximate surface area is 106 Å². The number of hydrogen-bond donors (Lipinski definition) is 2. The predicted octanol–water partition coefficient (Wildman–Crippen LogP) is 1.87. The third-order valence-electron chi connectivity index (χ3n) is 2.42. The molecule has 1 rings (SSSR count). The Balaban J connectivity index is 2.53. The van der Waals surface area contributed by atoms with E-state index in [0.29, 0.717) is 5.02 Å². The zero-order chi connectivity index (χ0) is 13.1. The van der Waals surface area contributed by atoms with Gasteiger partial charge in [-0.05, 0) is 17.5 Å². The number of aliphatic hydroxyl groups is 1. The van der Waals surface area contributed by atoms with Gasteiger partial charge in [-0.1, -0.05) is 32.4 Å². The van der Waals surface area contributed by atoms with Crippen molar-refractivity contribution in [2.45, 2.75) is 26.9 Å². The van der Waals surface area contributed by atoms with E-state index < -0.39 is 6.10 Å². The van der Waals surface area contributed by atoms with E-state index >= 15 is 0 Å². The number of halogens is 1. The van der Waals surface area contributed by atoms with Crippen LogP contribution in [0.15, 0.2) is 18.3 Å². The highest BCUT2D eigenvalue weighted by Crippen LogP contribution is 2.18. The fraction of sp³-hybridized carbons (Fsp3) is 0.500. The highest BCUT2D eigenvalue weighted by Gasteiger charge is 2.22. The van der Waals surface area contributed by atoms with Gasteiger partial charge in [-0.15, -0.1) is 0 Å². The van der Waals surface area contributed by atoms with Gasteiger partial charge >= 0.3 is 0 Å². The van der Waals surface area contributed by atoms with Gasteiger partial charge in [0.05, 0.1) is 11.1 Å². The number of pyridine rings is 1. The van der Waals surface area contributed by atoms with Crippen molar-refractivity contribution in [3.05, 3.63) is 29.0 Å². The quantitative estimate of drug-likeness (QED) is 0.868. The summed E-state index contributed by atoms with van der Waals surface area (Å²) in [5.41, 5.74) is 0.0243. The Morgan fingerprint density at radius 1 is 1.53 bits per heavy atom. The zero-order valence-corrected chi connectivity index (χ0v) is 11.0. The first-order chi connectivity index (χ1) is 7.80. The molecule has 17 heavy (non-hydrogen) atoms. The zero-order valence-electron chi connectivity index (χ0n) is 10.2. The molecular formula is C12H17ClN2O2. The molecule has 0 aliphatic heterocycles. The van der Waals surface area contributed by atoms with Crippen LogP contribution in [0.25, 0.3) is 0 Å². The Hall–Kier alpha value is -1.13. The van der Waals surface area contributed by atoms with Crippen LogP contribution in [0.1, 0.15) is 31.3 Å². The number of amides is 1. The summed E-state index contributed by atoms with van der Waals surface area (Å²) in [5, 5.41) is 12.9. The number of carbonyl (C=O) groups is 1. The van der Waals surface area contributed by atoms with Crippen LogP contribution in [0.5, 0.6) is 0 Å². The predicted molar refractivity (Wildman–Crippen MR) is 67.0 cm³/mol. The van der Waals surface area contributed by atoms with Crippen molar-refractivity contribution >= 4 is 17.5 Å². The van der Waals surface area contributed by atoms with Gasteiger partial charge in [-0.3, -0.25) is 4.79 Å². The summed E-state index contributed by atoms with van der Waals surface area (Å²) in [5.74, 6) is -0.315. The molecule has 0 saturated heterocycles. The SMILES string of the molecule is CC(C)(C)C(O)CNC(=O)c1ccc(Cl)cn1. The van der Waals surface area contributed by atoms with Crippen molar-refractivity contribution in [3.8, 4) is 0 Å². The van der Waals surface area contributed by atoms with Crippen molar-refractivity contribution in [2.24, 2.45) is 5.41 Å². The summed E-state index contributed by atoms with van der Waals surface area (Å²) in [6.45, 7) is 5.92. The first kappa shape index (κ1) is 13.9. The molecule has 1 unspecified atom stereocenters. The number of nitrogens with zero attached hydrogens (tertiary/aromatic N) is 1. The number of nitrogens with one attached hydrogen (secondary N) is 1. The molecule has 0 saturated carbocycles. The monoisotopic (exact) mass is 256 g/mol. The maximum absolute atomic E-state index is 11.7. The normalized spacial score (nSPS) is 13.2. The molecule has 4 nitrogen and oxygen atoms in total. The number of rotatable bonds is 3. The van der Waals surface area contributed by atoms with Crippen LogP contribution in [0.2, 0.25) is 5.02 Å². The number of carbonyl (C=O) groups excluding carboxylic acids is 1. The molecular weight excluding hydrogens is 240 g/mol. The minimum atomic E-state index is -0.598. The maximum atomic E-state index is 11.7. The minimum Gasteiger partial charge on any atom is -0.391 e. The van der Waals surface area contributed by atoms with E-state index in [0.717, 1.165) is 0 Å². The molecule has 1 heterocycles. The third kappa shape index (κ3) is 4.32. The number of hydrogen-bond acceptors (Lipinski definition) is 3. The Morgan fingerprint density at radius 3 is 2.65 bits per heavy atom. The smallest absolute Gasteiger partial charge is 0.269 e. The molecule has 0 radical (unpaired) electrons. The van der Waals surface area contributed by atoms with Crippen LogP contribution < -0.4 is 5.32 Å². The van der Waals surface area contributed by atoms with Gasteiger partial charge in [-0.25, -0.2) is 4.98 Å². The third-order valence-corrected chi connectivity index (χ3v) is 2.64. The number of aliphatic hydroxyl groups excluding tert-OH is 1. The maximum Gasteiger partial charge on any atom is 0.269 e. The largest absolute Gasteiger partial charge is 0.391 e. The second-order valence-corrected chi connectivity index (χ2v) is 5.39. The molecule has 1 amide bonds. The summed E-state index contributed by atoms with van der Waals surface area (Å²) >= 11 is 5.67. The van der Waals surface area contributed by atoms with Gasteiger partial charge in [0.25, 0.3) is 5.91 Å². The van der Waals surface area contributed by atoms with E-state index in [1.807, 2.05) is 20.8 Å². The molecule has 0 bridgehead atoms. The molecule has 94 valence electrons. The average Bonchev–Trinajstić information content (AvgIpc) is 2.25. The van der Waals surface area contributed by atoms with Gasteiger partial charge < -0.3 is 10.4 Å². The lowest BCUT2D eigenvalue weighted by molar-refractivity contribution is 0.0585. The van der Waals surface area contributed by atoms with Gasteiger partial charge in [-0.2, -0.15) is 0 Å². The van der Waals surface area contributed by atoms with Gasteiger partial charge in [0.2, 0.25) is 0 Å². The van der Waals surface area contributed by atoms with Gasteiger partial charge in [0, 0.05) is 12.7 Å². The van der Waals surface area contributed by atoms with E-state index in [1.54, 1.807) is 12.1 Å². The molecule has 0 fully saturated rings. The highest BCUT2D eigenvalue weighted by atomic mass is 35.5. The van der Waals surface area contributed by atoms with Crippen molar-refractivity contribution in [1.29, 1.82) is 0 Å². The lowest BCUT2D eigenvalue weighted by Crippen LogP contribution is -2.39. The molecule has 0 aliphatic rings. The summed E-state index contributed by atoms with van der Waals surface area (Å²) in [6.07, 6.45) is 0.815. The van der Waals surface area contributed by atoms with E-state index in [9.17, 15) is 9.90 Å². The molecule has 0 aliphatic carbocycles. The Bertz CT molecular complexity index is 384. The molecule has 1 aromatic rings. The minimum absolute atomic E-state index is 0.201. The molecule has 5 heteroatoms. The summed E-state index contributed by atoms with van der Waals surface area (Å²) in [6, 6.07) is 3.14. The molecule has 2 N–H and O–H groups in total. The standard InChI is InChI=1S/C12H17ClN2O2/c1-12(2,3)10(16)7-15-11(17)9-5-4-8(13)6-14-9/h4-6,10,16H,7H2,1-3H3,(H,15,17). The molecule has 1 atom stereocenters. The Kier molecular flexibility index (Phi) is 4.48. The van der Waals surface area contributed by atoms with Crippen molar-refractivity contribution < 1.29 is 9.90 Å². The first-order valence-electron chi connectivity index (χ1n) is 5.38. The van der Waals surface area contributed by atoms with E-state index in [-0.39, 0.29) is 23.6 Å². The fourth-order valence-electron chi connectivity index (χ4n) is 1.10. The van der Waals surface area contributed by atoms with Crippen LogP contribution in [0.4, 0.5) is 0 Å². The lowest BCUT2D eigenvalue weighted by Gasteiger charge is -2.25. The second-order valence-electron chi connectivity index (χ2n) is 4.95. The molecule has 0 spiro atoms. The van der Waals surface area contributed by atoms with E-state index in [2.05, 4.69) is 10.3 Å². The van der Waals surface area contributed by atoms with Crippen LogP contribution >= 0.6 is 11.6 Å². The van der Waals surface area contributed by atoms with E-state index in [1.165, 1.54) is 6.20 Å². The highest BCUT2D eigenvalue weighted by molar-refractivity contribution is 6.30. The average molecular weight is 257 g/mol. The van der Waals surface area contributed by atoms with Gasteiger partial charge in [0.15, 0.2) is 0 Å². The van der Waals surface area contributed by atoms with Gasteiger partial charge in [0.1, 0.15) is 5.69 Å². The van der Waals surface area contributed by atoms with Crippen LogP contribution in [0.3, 0.4) is 0 Å². The number of aromatic nitrogens is 1. The second kappa shape index (κ2) is 5.47.